The number of nitrogens with zero attached hydrogens (tertiary/aromatic N) is 1. The second kappa shape index (κ2) is 7.16. The molecule has 0 saturated carbocycles. The molecule has 6 heteroatoms. The fourth-order valence-corrected chi connectivity index (χ4v) is 1.99. The summed E-state index contributed by atoms with van der Waals surface area (Å²) in [5, 5.41) is 8.98. The quantitative estimate of drug-likeness (QED) is 0.801. The van der Waals surface area contributed by atoms with Crippen LogP contribution in [0.15, 0.2) is 0 Å². The van der Waals surface area contributed by atoms with Crippen molar-refractivity contribution >= 4 is 18.5 Å². The van der Waals surface area contributed by atoms with Crippen LogP contribution in [0.3, 0.4) is 0 Å². The van der Waals surface area contributed by atoms with E-state index in [9.17, 15) is 4.79 Å². The Kier molecular flexibility index (Phi) is 6.96. The minimum absolute atomic E-state index is 0. The zero-order chi connectivity index (χ0) is 13.1. The summed E-state index contributed by atoms with van der Waals surface area (Å²) in [5.41, 5.74) is 5.34. The van der Waals surface area contributed by atoms with Gasteiger partial charge in [0.2, 0.25) is 0 Å². The van der Waals surface area contributed by atoms with E-state index in [1.165, 1.54) is 0 Å². The second-order valence-corrected chi connectivity index (χ2v) is 5.65. The van der Waals surface area contributed by atoms with Crippen LogP contribution in [0.2, 0.25) is 0 Å². The molecule has 1 atom stereocenters. The smallest absolute Gasteiger partial charge is 0.410 e. The number of halogens is 1. The van der Waals surface area contributed by atoms with Crippen LogP contribution in [-0.4, -0.2) is 47.4 Å². The molecule has 5 nitrogen and oxygen atoms in total. The highest BCUT2D eigenvalue weighted by atomic mass is 35.5. The Morgan fingerprint density at radius 1 is 1.44 bits per heavy atom. The van der Waals surface area contributed by atoms with Crippen molar-refractivity contribution in [1.29, 1.82) is 0 Å². The average Bonchev–Trinajstić information content (AvgIpc) is 2.26. The fraction of sp³-hybridized carbons (Fsp3) is 0.917. The molecule has 0 aromatic rings. The van der Waals surface area contributed by atoms with Crippen molar-refractivity contribution in [2.24, 2.45) is 11.7 Å². The Balaban J connectivity index is 0.00000289. The summed E-state index contributed by atoms with van der Waals surface area (Å²) < 4.78 is 5.31. The number of amides is 1. The predicted molar refractivity (Wildman–Crippen MR) is 72.8 cm³/mol. The number of hydrogen-bond donors (Lipinski definition) is 2. The molecule has 0 radical (unpaired) electrons. The number of rotatable bonds is 2. The lowest BCUT2D eigenvalue weighted by Crippen LogP contribution is -2.46. The van der Waals surface area contributed by atoms with Crippen molar-refractivity contribution in [2.75, 3.05) is 19.7 Å². The second-order valence-electron chi connectivity index (χ2n) is 5.65. The zero-order valence-corrected chi connectivity index (χ0v) is 12.2. The number of nitrogens with two attached hydrogens (primary N) is 1. The molecular formula is C12H25ClN2O3. The minimum Gasteiger partial charge on any atom is -0.444 e. The zero-order valence-electron chi connectivity index (χ0n) is 11.4. The Hall–Kier alpha value is -0.520. The number of aliphatic hydroxyl groups excluding tert-OH is 1. The van der Waals surface area contributed by atoms with Crippen LogP contribution < -0.4 is 5.73 Å². The SMILES string of the molecule is CC(C)(C)OC(=O)N1CCC([C@@H](N)CO)CC1.Cl. The van der Waals surface area contributed by atoms with Gasteiger partial charge >= 0.3 is 6.09 Å². The van der Waals surface area contributed by atoms with E-state index in [1.807, 2.05) is 20.8 Å². The molecule has 1 amide bonds. The van der Waals surface area contributed by atoms with Crippen LogP contribution >= 0.6 is 12.4 Å². The molecule has 18 heavy (non-hydrogen) atoms. The van der Waals surface area contributed by atoms with E-state index in [0.29, 0.717) is 19.0 Å². The number of piperidine rings is 1. The largest absolute Gasteiger partial charge is 0.444 e. The molecule has 1 aliphatic heterocycles. The van der Waals surface area contributed by atoms with E-state index in [-0.39, 0.29) is 31.1 Å². The Labute approximate surface area is 115 Å². The monoisotopic (exact) mass is 280 g/mol. The van der Waals surface area contributed by atoms with Gasteiger partial charge in [-0.1, -0.05) is 0 Å². The molecule has 1 aliphatic rings. The summed E-state index contributed by atoms with van der Waals surface area (Å²) in [6, 6.07) is -0.171. The summed E-state index contributed by atoms with van der Waals surface area (Å²) in [6.07, 6.45) is 1.41. The third-order valence-electron chi connectivity index (χ3n) is 3.01. The third-order valence-corrected chi connectivity index (χ3v) is 3.01. The summed E-state index contributed by atoms with van der Waals surface area (Å²) in [4.78, 5) is 13.5. The van der Waals surface area contributed by atoms with Crippen molar-refractivity contribution in [3.8, 4) is 0 Å². The number of carbonyl (C=O) groups is 1. The molecule has 1 saturated heterocycles. The van der Waals surface area contributed by atoms with Crippen LogP contribution in [0.5, 0.6) is 0 Å². The van der Waals surface area contributed by atoms with E-state index in [1.54, 1.807) is 4.90 Å². The number of aliphatic hydroxyl groups is 1. The standard InChI is InChI=1S/C12H24N2O3.ClH/c1-12(2,3)17-11(16)14-6-4-9(5-7-14)10(13)8-15;/h9-10,15H,4-8,13H2,1-3H3;1H/t10-;/m0./s1. The highest BCUT2D eigenvalue weighted by Crippen LogP contribution is 2.21. The molecule has 0 aromatic heterocycles. The van der Waals surface area contributed by atoms with E-state index < -0.39 is 5.60 Å². The van der Waals surface area contributed by atoms with E-state index >= 15 is 0 Å². The Morgan fingerprint density at radius 2 is 1.94 bits per heavy atom. The van der Waals surface area contributed by atoms with Crippen LogP contribution in [0.1, 0.15) is 33.6 Å². The highest BCUT2D eigenvalue weighted by Gasteiger charge is 2.28. The van der Waals surface area contributed by atoms with Crippen molar-refractivity contribution in [1.82, 2.24) is 4.90 Å². The van der Waals surface area contributed by atoms with Gasteiger partial charge in [0.1, 0.15) is 5.60 Å². The van der Waals surface area contributed by atoms with E-state index in [0.717, 1.165) is 12.8 Å². The first-order valence-corrected chi connectivity index (χ1v) is 6.18. The van der Waals surface area contributed by atoms with Gasteiger partial charge in [0, 0.05) is 19.1 Å². The van der Waals surface area contributed by atoms with Crippen LogP contribution in [0, 0.1) is 5.92 Å². The maximum Gasteiger partial charge on any atom is 0.410 e. The molecule has 3 N–H and O–H groups in total. The van der Waals surface area contributed by atoms with Crippen molar-refractivity contribution in [2.45, 2.75) is 45.3 Å². The lowest BCUT2D eigenvalue weighted by atomic mass is 9.90. The van der Waals surface area contributed by atoms with Crippen molar-refractivity contribution < 1.29 is 14.6 Å². The van der Waals surface area contributed by atoms with Gasteiger partial charge in [-0.15, -0.1) is 12.4 Å². The number of carbonyl (C=O) groups excluding carboxylic acids is 1. The maximum atomic E-state index is 11.8. The summed E-state index contributed by atoms with van der Waals surface area (Å²) >= 11 is 0. The Morgan fingerprint density at radius 3 is 2.33 bits per heavy atom. The average molecular weight is 281 g/mol. The molecule has 1 rings (SSSR count). The lowest BCUT2D eigenvalue weighted by Gasteiger charge is -2.35. The molecule has 0 unspecified atom stereocenters. The number of ether oxygens (including phenoxy) is 1. The molecule has 0 aromatic carbocycles. The van der Waals surface area contributed by atoms with Gasteiger partial charge in [-0.3, -0.25) is 0 Å². The van der Waals surface area contributed by atoms with Gasteiger partial charge in [0.25, 0.3) is 0 Å². The molecule has 1 heterocycles. The van der Waals surface area contributed by atoms with Gasteiger partial charge in [0.15, 0.2) is 0 Å². The first-order valence-electron chi connectivity index (χ1n) is 6.18. The van der Waals surface area contributed by atoms with Crippen LogP contribution in [-0.2, 0) is 4.74 Å². The highest BCUT2D eigenvalue weighted by molar-refractivity contribution is 5.85. The number of likely N-dealkylation sites (tertiary alicyclic amines) is 1. The topological polar surface area (TPSA) is 75.8 Å². The molecule has 1 fully saturated rings. The number of hydrogen-bond acceptors (Lipinski definition) is 4. The van der Waals surface area contributed by atoms with E-state index in [4.69, 9.17) is 15.6 Å². The summed E-state index contributed by atoms with van der Waals surface area (Å²) in [6.45, 7) is 6.91. The van der Waals surface area contributed by atoms with E-state index in [2.05, 4.69) is 0 Å². The van der Waals surface area contributed by atoms with Gasteiger partial charge in [0.05, 0.1) is 6.61 Å². The van der Waals surface area contributed by atoms with Crippen molar-refractivity contribution in [3.05, 3.63) is 0 Å². The lowest BCUT2D eigenvalue weighted by molar-refractivity contribution is 0.0166. The normalized spacial score (nSPS) is 19.1. The van der Waals surface area contributed by atoms with Gasteiger partial charge in [-0.25, -0.2) is 4.79 Å². The van der Waals surface area contributed by atoms with Crippen LogP contribution in [0.4, 0.5) is 4.79 Å². The van der Waals surface area contributed by atoms with Gasteiger partial charge < -0.3 is 20.5 Å². The Bertz CT molecular complexity index is 261. The molecule has 0 bridgehead atoms. The van der Waals surface area contributed by atoms with Crippen LogP contribution in [0.25, 0.3) is 0 Å². The van der Waals surface area contributed by atoms with Gasteiger partial charge in [-0.2, -0.15) is 0 Å². The summed E-state index contributed by atoms with van der Waals surface area (Å²) in [7, 11) is 0. The molecule has 0 spiro atoms. The summed E-state index contributed by atoms with van der Waals surface area (Å²) in [5.74, 6) is 0.304. The molecule has 0 aliphatic carbocycles. The predicted octanol–water partition coefficient (Wildman–Crippen LogP) is 1.37. The van der Waals surface area contributed by atoms with Crippen molar-refractivity contribution in [3.63, 3.8) is 0 Å². The third kappa shape index (κ3) is 5.42. The fourth-order valence-electron chi connectivity index (χ4n) is 1.99. The first-order chi connectivity index (χ1) is 7.83. The maximum absolute atomic E-state index is 11.8. The van der Waals surface area contributed by atoms with Gasteiger partial charge in [-0.05, 0) is 39.5 Å². The minimum atomic E-state index is -0.449. The first kappa shape index (κ1) is 17.5. The molecular weight excluding hydrogens is 256 g/mol. The molecule has 108 valence electrons.